The maximum Gasteiger partial charge on any atom is 0.115 e. The molecule has 0 nitrogen and oxygen atoms in total. The number of rotatable bonds is 6. The Labute approximate surface area is 162 Å². The van der Waals surface area contributed by atoms with Crippen molar-refractivity contribution in [3.05, 3.63) is 116 Å². The Kier molecular flexibility index (Phi) is 7.37. The van der Waals surface area contributed by atoms with Crippen LogP contribution in [0.5, 0.6) is 0 Å². The fourth-order valence-electron chi connectivity index (χ4n) is 3.13. The first kappa shape index (κ1) is 19.4. The Morgan fingerprint density at radius 1 is 0.640 bits per heavy atom. The lowest BCUT2D eigenvalue weighted by Crippen LogP contribution is -3.00. The zero-order chi connectivity index (χ0) is 16.7. The van der Waals surface area contributed by atoms with Crippen molar-refractivity contribution in [2.24, 2.45) is 0 Å². The summed E-state index contributed by atoms with van der Waals surface area (Å²) in [4.78, 5) is 0. The number of allylic oxidation sites excluding steroid dienone is 3. The zero-order valence-electron chi connectivity index (χ0n) is 14.1. The van der Waals surface area contributed by atoms with Gasteiger partial charge in [0.25, 0.3) is 0 Å². The molecule has 0 bridgehead atoms. The molecule has 0 atom stereocenters. The van der Waals surface area contributed by atoms with E-state index in [0.717, 1.165) is 6.16 Å². The first-order valence-electron chi connectivity index (χ1n) is 8.20. The van der Waals surface area contributed by atoms with Gasteiger partial charge in [-0.1, -0.05) is 73.3 Å². The first-order valence-corrected chi connectivity index (χ1v) is 10.2. The van der Waals surface area contributed by atoms with Crippen LogP contribution < -0.4 is 32.9 Å². The molecular weight excluding hydrogens is 387 g/mol. The van der Waals surface area contributed by atoms with E-state index in [2.05, 4.69) is 110 Å². The van der Waals surface area contributed by atoms with Gasteiger partial charge < -0.3 is 17.0 Å². The van der Waals surface area contributed by atoms with Crippen molar-refractivity contribution in [1.29, 1.82) is 0 Å². The van der Waals surface area contributed by atoms with E-state index in [1.807, 2.05) is 6.08 Å². The molecule has 25 heavy (non-hydrogen) atoms. The SMILES string of the molecule is C=C/C=C/C[P+](c1ccccc1)(c1ccccc1)c1ccccc1.[Br-]. The van der Waals surface area contributed by atoms with Gasteiger partial charge in [-0.2, -0.15) is 0 Å². The van der Waals surface area contributed by atoms with Crippen molar-refractivity contribution in [3.63, 3.8) is 0 Å². The maximum absolute atomic E-state index is 3.82. The highest BCUT2D eigenvalue weighted by atomic mass is 79.9. The van der Waals surface area contributed by atoms with Gasteiger partial charge in [-0.3, -0.25) is 0 Å². The Morgan fingerprint density at radius 2 is 1.00 bits per heavy atom. The molecule has 3 rings (SSSR count). The normalized spacial score (nSPS) is 11.0. The van der Waals surface area contributed by atoms with Crippen LogP contribution in [0.2, 0.25) is 0 Å². The summed E-state index contributed by atoms with van der Waals surface area (Å²) >= 11 is 0. The van der Waals surface area contributed by atoms with Gasteiger partial charge in [-0.15, -0.1) is 0 Å². The standard InChI is InChI=1S/C23H22P.BrH/c1-2-3-13-20-24(21-14-7-4-8-15-21,22-16-9-5-10-17-22)23-18-11-6-12-19-23;/h2-19H,1,20H2;1H/q+1;/p-1/b13-3+;. The second-order valence-electron chi connectivity index (χ2n) is 5.66. The summed E-state index contributed by atoms with van der Waals surface area (Å²) in [5.74, 6) is 0. The highest BCUT2D eigenvalue weighted by Crippen LogP contribution is 2.55. The summed E-state index contributed by atoms with van der Waals surface area (Å²) in [6.45, 7) is 3.82. The van der Waals surface area contributed by atoms with E-state index in [1.165, 1.54) is 15.9 Å². The molecule has 0 amide bonds. The van der Waals surface area contributed by atoms with Crippen LogP contribution in [0, 0.1) is 0 Å². The summed E-state index contributed by atoms with van der Waals surface area (Å²) in [6.07, 6.45) is 7.17. The predicted molar refractivity (Wildman–Crippen MR) is 109 cm³/mol. The van der Waals surface area contributed by atoms with Gasteiger partial charge >= 0.3 is 0 Å². The lowest BCUT2D eigenvalue weighted by atomic mass is 10.4. The van der Waals surface area contributed by atoms with Crippen molar-refractivity contribution in [2.45, 2.75) is 0 Å². The predicted octanol–water partition coefficient (Wildman–Crippen LogP) is 1.73. The topological polar surface area (TPSA) is 0 Å². The van der Waals surface area contributed by atoms with Crippen molar-refractivity contribution in [1.82, 2.24) is 0 Å². The smallest absolute Gasteiger partial charge is 0.115 e. The molecule has 0 aliphatic rings. The number of halogens is 1. The molecule has 0 saturated heterocycles. The lowest BCUT2D eigenvalue weighted by molar-refractivity contribution is -0.00000463. The van der Waals surface area contributed by atoms with Crippen LogP contribution in [-0.4, -0.2) is 6.16 Å². The van der Waals surface area contributed by atoms with Crippen molar-refractivity contribution in [2.75, 3.05) is 6.16 Å². The van der Waals surface area contributed by atoms with Gasteiger partial charge in [-0.05, 0) is 42.5 Å². The van der Waals surface area contributed by atoms with Crippen LogP contribution in [0.3, 0.4) is 0 Å². The molecule has 0 unspecified atom stereocenters. The Morgan fingerprint density at radius 3 is 1.32 bits per heavy atom. The average molecular weight is 409 g/mol. The lowest BCUT2D eigenvalue weighted by Gasteiger charge is -2.26. The van der Waals surface area contributed by atoms with Crippen molar-refractivity contribution < 1.29 is 17.0 Å². The minimum atomic E-state index is -1.72. The van der Waals surface area contributed by atoms with E-state index < -0.39 is 7.26 Å². The Bertz CT molecular complexity index is 699. The third kappa shape index (κ3) is 4.18. The van der Waals surface area contributed by atoms with Gasteiger partial charge in [-0.25, -0.2) is 0 Å². The number of benzene rings is 3. The number of hydrogen-bond acceptors (Lipinski definition) is 0. The molecule has 2 heteroatoms. The molecular formula is C23H22BrP. The summed E-state index contributed by atoms with van der Waals surface area (Å²) in [5, 5.41) is 4.24. The minimum Gasteiger partial charge on any atom is -1.00 e. The Hall–Kier alpha value is -1.95. The second kappa shape index (κ2) is 9.51. The summed E-state index contributed by atoms with van der Waals surface area (Å²) in [7, 11) is -1.72. The van der Waals surface area contributed by atoms with Crippen LogP contribution in [-0.2, 0) is 0 Å². The van der Waals surface area contributed by atoms with Crippen molar-refractivity contribution >= 4 is 23.2 Å². The largest absolute Gasteiger partial charge is 1.00 e. The van der Waals surface area contributed by atoms with E-state index in [0.29, 0.717) is 0 Å². The molecule has 126 valence electrons. The molecule has 3 aromatic carbocycles. The molecule has 0 fully saturated rings. The fraction of sp³-hybridized carbons (Fsp3) is 0.0435. The third-order valence-electron chi connectivity index (χ3n) is 4.24. The quantitative estimate of drug-likeness (QED) is 0.430. The second-order valence-corrected chi connectivity index (χ2v) is 9.20. The minimum absolute atomic E-state index is 0. The highest BCUT2D eigenvalue weighted by molar-refractivity contribution is 7.95. The molecule has 0 heterocycles. The first-order chi connectivity index (χ1) is 11.9. The Balaban J connectivity index is 0.00000225. The molecule has 0 aromatic heterocycles. The molecule has 0 aliphatic carbocycles. The van der Waals surface area contributed by atoms with Crippen LogP contribution in [0.1, 0.15) is 0 Å². The van der Waals surface area contributed by atoms with Gasteiger partial charge in [0.2, 0.25) is 0 Å². The van der Waals surface area contributed by atoms with E-state index in [-0.39, 0.29) is 17.0 Å². The maximum atomic E-state index is 3.82. The summed E-state index contributed by atoms with van der Waals surface area (Å²) in [6, 6.07) is 32.8. The molecule has 0 radical (unpaired) electrons. The zero-order valence-corrected chi connectivity index (χ0v) is 16.6. The average Bonchev–Trinajstić information content (AvgIpc) is 2.68. The van der Waals surface area contributed by atoms with Gasteiger partial charge in [0.1, 0.15) is 23.2 Å². The summed E-state index contributed by atoms with van der Waals surface area (Å²) < 4.78 is 0. The van der Waals surface area contributed by atoms with E-state index >= 15 is 0 Å². The van der Waals surface area contributed by atoms with E-state index in [1.54, 1.807) is 0 Å². The van der Waals surface area contributed by atoms with Crippen LogP contribution in [0.15, 0.2) is 116 Å². The van der Waals surface area contributed by atoms with E-state index in [4.69, 9.17) is 0 Å². The molecule has 0 spiro atoms. The summed E-state index contributed by atoms with van der Waals surface area (Å²) in [5.41, 5.74) is 0. The monoisotopic (exact) mass is 408 g/mol. The molecule has 0 saturated carbocycles. The highest BCUT2D eigenvalue weighted by Gasteiger charge is 2.43. The molecule has 0 aliphatic heterocycles. The molecule has 0 N–H and O–H groups in total. The van der Waals surface area contributed by atoms with Crippen LogP contribution in [0.25, 0.3) is 0 Å². The van der Waals surface area contributed by atoms with Gasteiger partial charge in [0, 0.05) is 0 Å². The van der Waals surface area contributed by atoms with Crippen LogP contribution >= 0.6 is 7.26 Å². The van der Waals surface area contributed by atoms with Crippen molar-refractivity contribution in [3.8, 4) is 0 Å². The number of hydrogen-bond donors (Lipinski definition) is 0. The van der Waals surface area contributed by atoms with Gasteiger partial charge in [0.15, 0.2) is 0 Å². The molecule has 3 aromatic rings. The third-order valence-corrected chi connectivity index (χ3v) is 8.54. The fourth-order valence-corrected chi connectivity index (χ4v) is 7.13. The van der Waals surface area contributed by atoms with Crippen LogP contribution in [0.4, 0.5) is 0 Å². The van der Waals surface area contributed by atoms with Gasteiger partial charge in [0.05, 0.1) is 6.16 Å². The van der Waals surface area contributed by atoms with E-state index in [9.17, 15) is 0 Å².